The zero-order valence-electron chi connectivity index (χ0n) is 22.2. The number of aliphatic imine (C=N–C) groups is 2. The van der Waals surface area contributed by atoms with Crippen LogP contribution in [0, 0.1) is 5.92 Å². The largest absolute Gasteiger partial charge is 0.376 e. The molecule has 1 aromatic heterocycles. The number of quaternary nitrogens is 1. The number of ether oxygens (including phenoxy) is 1. The van der Waals surface area contributed by atoms with Crippen molar-refractivity contribution < 1.29 is 18.9 Å². The third kappa shape index (κ3) is 5.18. The minimum atomic E-state index is -0.253. The first kappa shape index (κ1) is 26.1. The van der Waals surface area contributed by atoms with E-state index in [1.54, 1.807) is 49.1 Å². The van der Waals surface area contributed by atoms with Crippen molar-refractivity contribution in [2.45, 2.75) is 31.8 Å². The van der Waals surface area contributed by atoms with Crippen molar-refractivity contribution in [3.8, 4) is 0 Å². The Morgan fingerprint density at radius 2 is 2.00 bits per heavy atom. The second kappa shape index (κ2) is 11.1. The quantitative estimate of drug-likeness (QED) is 0.364. The average Bonchev–Trinajstić information content (AvgIpc) is 3.62. The first-order chi connectivity index (χ1) is 19.5. The summed E-state index contributed by atoms with van der Waals surface area (Å²) in [6.45, 7) is 2.65. The molecule has 4 N–H and O–H groups in total. The number of benzene rings is 1. The molecule has 1 aromatic carbocycles. The number of pyridine rings is 1. The first-order valence-electron chi connectivity index (χ1n) is 13.7. The predicted molar refractivity (Wildman–Crippen MR) is 151 cm³/mol. The summed E-state index contributed by atoms with van der Waals surface area (Å²) in [4.78, 5) is 41.3. The third-order valence-corrected chi connectivity index (χ3v) is 7.71. The molecule has 2 unspecified atom stereocenters. The van der Waals surface area contributed by atoms with Crippen molar-refractivity contribution >= 4 is 29.7 Å². The van der Waals surface area contributed by atoms with E-state index < -0.39 is 0 Å². The fraction of sp³-hybridized carbons (Fsp3) is 0.345. The Morgan fingerprint density at radius 3 is 2.77 bits per heavy atom. The molecule has 0 radical (unpaired) electrons. The van der Waals surface area contributed by atoms with Gasteiger partial charge in [0.2, 0.25) is 17.4 Å². The molecule has 2 saturated heterocycles. The standard InChI is InChI=1S/C29H32N8O3/c30-37-15-13-31-18-24(37)26(36-14-3-5-22(19-36)28(38)33-17-23-6-4-16-40-23)35-27(37)20-8-10-21(11-9-20)29(39)34-25-7-1-2-12-32-25/h1-2,7-13,15,18,22-23H,3-6,14,16-17,19,30H2,(H-,32,33,34,38,39)/p+1/t22?,23-,37?/m0/s1. The van der Waals surface area contributed by atoms with E-state index in [1.165, 1.54) is 0 Å². The summed E-state index contributed by atoms with van der Waals surface area (Å²) in [7, 11) is 0. The maximum atomic E-state index is 13.0. The van der Waals surface area contributed by atoms with Crippen molar-refractivity contribution in [3.05, 3.63) is 83.7 Å². The number of nitrogens with one attached hydrogen (secondary N) is 2. The van der Waals surface area contributed by atoms with E-state index in [0.29, 0.717) is 30.3 Å². The maximum Gasteiger partial charge on any atom is 0.266 e. The monoisotopic (exact) mass is 541 g/mol. The van der Waals surface area contributed by atoms with E-state index in [0.717, 1.165) is 55.9 Å². The van der Waals surface area contributed by atoms with Crippen LogP contribution in [0.5, 0.6) is 0 Å². The van der Waals surface area contributed by atoms with Crippen LogP contribution >= 0.6 is 0 Å². The molecule has 2 amide bonds. The topological polar surface area (TPSA) is 134 Å². The van der Waals surface area contributed by atoms with E-state index in [-0.39, 0.29) is 28.4 Å². The number of amidine groups is 1. The molecule has 206 valence electrons. The minimum Gasteiger partial charge on any atom is -0.376 e. The van der Waals surface area contributed by atoms with Gasteiger partial charge >= 0.3 is 0 Å². The molecular formula is C29H33N8O3+. The highest BCUT2D eigenvalue weighted by Crippen LogP contribution is 2.34. The molecule has 11 heteroatoms. The van der Waals surface area contributed by atoms with Crippen LogP contribution in [0.2, 0.25) is 0 Å². The van der Waals surface area contributed by atoms with Crippen molar-refractivity contribution in [1.82, 2.24) is 15.2 Å². The molecule has 5 heterocycles. The van der Waals surface area contributed by atoms with Crippen molar-refractivity contribution in [1.29, 1.82) is 0 Å². The number of likely N-dealkylation sites (tertiary alicyclic amines) is 1. The molecule has 0 aliphatic carbocycles. The van der Waals surface area contributed by atoms with Crippen molar-refractivity contribution in [2.24, 2.45) is 21.7 Å². The Labute approximate surface area is 232 Å². The number of piperidine rings is 1. The van der Waals surface area contributed by atoms with E-state index in [4.69, 9.17) is 15.6 Å². The average molecular weight is 542 g/mol. The van der Waals surface area contributed by atoms with Crippen LogP contribution in [-0.4, -0.2) is 70.7 Å². The number of aromatic nitrogens is 1. The number of allylic oxidation sites excluding steroid dienone is 1. The molecular weight excluding hydrogens is 508 g/mol. The van der Waals surface area contributed by atoms with Crippen LogP contribution < -0.4 is 16.5 Å². The predicted octanol–water partition coefficient (Wildman–Crippen LogP) is 2.52. The van der Waals surface area contributed by atoms with Gasteiger partial charge in [0.1, 0.15) is 12.0 Å². The third-order valence-electron chi connectivity index (χ3n) is 7.71. The summed E-state index contributed by atoms with van der Waals surface area (Å²) in [5, 5.41) is 5.88. The molecule has 2 aromatic rings. The van der Waals surface area contributed by atoms with Crippen LogP contribution in [0.4, 0.5) is 5.82 Å². The van der Waals surface area contributed by atoms with Gasteiger partial charge in [-0.15, -0.1) is 4.59 Å². The molecule has 0 bridgehead atoms. The van der Waals surface area contributed by atoms with Gasteiger partial charge in [0, 0.05) is 38.0 Å². The molecule has 3 atom stereocenters. The van der Waals surface area contributed by atoms with Crippen LogP contribution in [0.15, 0.2) is 82.6 Å². The molecule has 4 aliphatic heterocycles. The highest BCUT2D eigenvalue weighted by molar-refractivity contribution is 6.05. The van der Waals surface area contributed by atoms with Crippen LogP contribution in [-0.2, 0) is 9.53 Å². The lowest BCUT2D eigenvalue weighted by Crippen LogP contribution is -2.53. The second-order valence-corrected chi connectivity index (χ2v) is 10.4. The Balaban J connectivity index is 1.19. The van der Waals surface area contributed by atoms with E-state index in [9.17, 15) is 9.59 Å². The summed E-state index contributed by atoms with van der Waals surface area (Å²) < 4.78 is 5.52. The highest BCUT2D eigenvalue weighted by Gasteiger charge is 2.46. The lowest BCUT2D eigenvalue weighted by Gasteiger charge is -2.33. The van der Waals surface area contributed by atoms with Crippen molar-refractivity contribution in [3.63, 3.8) is 0 Å². The number of hydrogen-bond acceptors (Lipinski definition) is 8. The van der Waals surface area contributed by atoms with E-state index in [2.05, 4.69) is 25.5 Å². The van der Waals surface area contributed by atoms with Gasteiger partial charge in [-0.25, -0.2) is 4.98 Å². The molecule has 4 aliphatic rings. The molecule has 6 rings (SSSR count). The molecule has 0 saturated carbocycles. The summed E-state index contributed by atoms with van der Waals surface area (Å²) in [5.74, 6) is 8.40. The molecule has 11 nitrogen and oxygen atoms in total. The Kier molecular flexibility index (Phi) is 7.25. The Morgan fingerprint density at radius 1 is 1.12 bits per heavy atom. The van der Waals surface area contributed by atoms with Crippen LogP contribution in [0.3, 0.4) is 0 Å². The van der Waals surface area contributed by atoms with E-state index >= 15 is 0 Å². The Bertz CT molecular complexity index is 1400. The summed E-state index contributed by atoms with van der Waals surface area (Å²) in [6, 6.07) is 12.5. The number of amides is 2. The van der Waals surface area contributed by atoms with Gasteiger partial charge in [0.15, 0.2) is 0 Å². The summed E-state index contributed by atoms with van der Waals surface area (Å²) in [5.41, 5.74) is 2.02. The SMILES string of the molecule is N[N+]12C=CN=CC1=C(N1CCCC(C(=O)NC[C@@H]3CCCO3)C1)N=C2c1ccc(C(=O)Nc2ccccn2)cc1. The van der Waals surface area contributed by atoms with Crippen molar-refractivity contribution in [2.75, 3.05) is 31.6 Å². The van der Waals surface area contributed by atoms with Crippen LogP contribution in [0.25, 0.3) is 0 Å². The highest BCUT2D eigenvalue weighted by atomic mass is 16.5. The van der Waals surface area contributed by atoms with Gasteiger partial charge in [-0.1, -0.05) is 6.07 Å². The fourth-order valence-electron chi connectivity index (χ4n) is 5.54. The number of nitrogens with zero attached hydrogens (tertiary/aromatic N) is 5. The van der Waals surface area contributed by atoms with E-state index in [1.807, 2.05) is 18.2 Å². The van der Waals surface area contributed by atoms with Gasteiger partial charge in [-0.2, -0.15) is 10.8 Å². The van der Waals surface area contributed by atoms with Gasteiger partial charge in [-0.05, 0) is 62.1 Å². The number of carbonyl (C=O) groups excluding carboxylic acids is 2. The number of nitrogens with two attached hydrogens (primary N) is 1. The van der Waals surface area contributed by atoms with Gasteiger partial charge in [0.25, 0.3) is 11.7 Å². The lowest BCUT2D eigenvalue weighted by molar-refractivity contribution is -0.750. The summed E-state index contributed by atoms with van der Waals surface area (Å²) in [6.07, 6.45) is 10.7. The normalized spacial score (nSPS) is 25.5. The maximum absolute atomic E-state index is 13.0. The number of fused-ring (bicyclic) bond motifs is 1. The van der Waals surface area contributed by atoms with Crippen LogP contribution in [0.1, 0.15) is 41.6 Å². The lowest BCUT2D eigenvalue weighted by atomic mass is 9.97. The first-order valence-corrected chi connectivity index (χ1v) is 13.7. The number of carbonyl (C=O) groups is 2. The smallest absolute Gasteiger partial charge is 0.266 e. The second-order valence-electron chi connectivity index (χ2n) is 10.4. The molecule has 2 fully saturated rings. The minimum absolute atomic E-state index is 0.0540. The summed E-state index contributed by atoms with van der Waals surface area (Å²) >= 11 is 0. The number of rotatable bonds is 7. The molecule has 0 spiro atoms. The number of anilines is 1. The number of hydrogen-bond donors (Lipinski definition) is 3. The Hall–Kier alpha value is -4.19. The fourth-order valence-corrected chi connectivity index (χ4v) is 5.54. The van der Waals surface area contributed by atoms with Gasteiger partial charge < -0.3 is 20.3 Å². The molecule has 40 heavy (non-hydrogen) atoms. The van der Waals surface area contributed by atoms with Gasteiger partial charge in [-0.3, -0.25) is 14.6 Å². The zero-order chi connectivity index (χ0) is 27.5. The zero-order valence-corrected chi connectivity index (χ0v) is 22.2. The van der Waals surface area contributed by atoms with Gasteiger partial charge in [0.05, 0.1) is 30.0 Å².